The van der Waals surface area contributed by atoms with E-state index in [0.717, 1.165) is 11.3 Å². The van der Waals surface area contributed by atoms with Crippen molar-refractivity contribution in [1.82, 2.24) is 0 Å². The monoisotopic (exact) mass is 124 g/mol. The minimum Gasteiger partial charge on any atom is -0.0596 e. The second kappa shape index (κ2) is 1.21. The van der Waals surface area contributed by atoms with E-state index in [9.17, 15) is 0 Å². The van der Waals surface area contributed by atoms with Crippen LogP contribution in [0.15, 0.2) is 0 Å². The summed E-state index contributed by atoms with van der Waals surface area (Å²) in [6, 6.07) is 0. The fourth-order valence-corrected chi connectivity index (χ4v) is 3.07. The third-order valence-electron chi connectivity index (χ3n) is 3.47. The Kier molecular flexibility index (Phi) is 0.774. The molecule has 0 saturated heterocycles. The Morgan fingerprint density at radius 1 is 1.11 bits per heavy atom. The molecule has 0 atom stereocenters. The molecule has 0 nitrogen and oxygen atoms in total. The van der Waals surface area contributed by atoms with Crippen LogP contribution in [0.4, 0.5) is 0 Å². The summed E-state index contributed by atoms with van der Waals surface area (Å²) in [6.07, 6.45) is 4.50. The molecule has 0 aromatic heterocycles. The standard InChI is InChI=1S/C9H16/c1-8(2)6-9(3)4-7(8)5-9/h7H,4-6H2,1-3H3. The first-order valence-electron chi connectivity index (χ1n) is 4.02. The maximum absolute atomic E-state index is 2.44. The lowest BCUT2D eigenvalue weighted by Gasteiger charge is -2.36. The Morgan fingerprint density at radius 3 is 1.78 bits per heavy atom. The zero-order chi connectivity index (χ0) is 6.70. The molecule has 0 heteroatoms. The van der Waals surface area contributed by atoms with Gasteiger partial charge in [0.25, 0.3) is 0 Å². The molecule has 0 aromatic rings. The fraction of sp³-hybridized carbons (Fsp3) is 1.00. The van der Waals surface area contributed by atoms with E-state index >= 15 is 0 Å². The topological polar surface area (TPSA) is 0 Å². The number of hydrogen-bond acceptors (Lipinski definition) is 0. The summed E-state index contributed by atoms with van der Waals surface area (Å²) in [4.78, 5) is 0. The molecule has 0 amide bonds. The Balaban J connectivity index is 2.23. The molecule has 52 valence electrons. The van der Waals surface area contributed by atoms with E-state index in [4.69, 9.17) is 0 Å². The van der Waals surface area contributed by atoms with E-state index < -0.39 is 0 Å². The third-order valence-corrected chi connectivity index (χ3v) is 3.47. The van der Waals surface area contributed by atoms with Gasteiger partial charge in [-0.25, -0.2) is 0 Å². The molecule has 2 bridgehead atoms. The lowest BCUT2D eigenvalue weighted by atomic mass is 9.70. The third kappa shape index (κ3) is 0.595. The van der Waals surface area contributed by atoms with Crippen molar-refractivity contribution >= 4 is 0 Å². The first-order valence-corrected chi connectivity index (χ1v) is 4.02. The molecule has 3 saturated carbocycles. The largest absolute Gasteiger partial charge is 0.0596 e. The molecule has 0 aromatic carbocycles. The average Bonchev–Trinajstić information content (AvgIpc) is 1.83. The van der Waals surface area contributed by atoms with Gasteiger partial charge in [0, 0.05) is 0 Å². The minimum absolute atomic E-state index is 0.689. The second-order valence-corrected chi connectivity index (χ2v) is 5.08. The Bertz CT molecular complexity index is 138. The van der Waals surface area contributed by atoms with Gasteiger partial charge in [-0.1, -0.05) is 20.8 Å². The van der Waals surface area contributed by atoms with Crippen LogP contribution in [0.1, 0.15) is 40.0 Å². The molecule has 0 heterocycles. The van der Waals surface area contributed by atoms with Gasteiger partial charge in [0.05, 0.1) is 0 Å². The molecule has 0 unspecified atom stereocenters. The molecule has 3 aliphatic rings. The van der Waals surface area contributed by atoms with Crippen molar-refractivity contribution in [3.05, 3.63) is 0 Å². The van der Waals surface area contributed by atoms with Crippen molar-refractivity contribution in [2.75, 3.05) is 0 Å². The molecular formula is C9H16. The van der Waals surface area contributed by atoms with Crippen molar-refractivity contribution in [1.29, 1.82) is 0 Å². The Hall–Kier alpha value is 0. The predicted molar refractivity (Wildman–Crippen MR) is 39.2 cm³/mol. The summed E-state index contributed by atoms with van der Waals surface area (Å²) in [5.41, 5.74) is 1.46. The van der Waals surface area contributed by atoms with Gasteiger partial charge in [-0.3, -0.25) is 0 Å². The van der Waals surface area contributed by atoms with Crippen LogP contribution in [0.25, 0.3) is 0 Å². The van der Waals surface area contributed by atoms with Crippen molar-refractivity contribution in [3.8, 4) is 0 Å². The summed E-state index contributed by atoms with van der Waals surface area (Å²) in [7, 11) is 0. The van der Waals surface area contributed by atoms with Gasteiger partial charge >= 0.3 is 0 Å². The van der Waals surface area contributed by atoms with Crippen LogP contribution in [0, 0.1) is 16.7 Å². The fourth-order valence-electron chi connectivity index (χ4n) is 3.07. The van der Waals surface area contributed by atoms with E-state index in [-0.39, 0.29) is 0 Å². The van der Waals surface area contributed by atoms with Crippen LogP contribution in [0.3, 0.4) is 0 Å². The summed E-state index contributed by atoms with van der Waals surface area (Å²) >= 11 is 0. The highest BCUT2D eigenvalue weighted by atomic mass is 14.6. The van der Waals surface area contributed by atoms with Crippen molar-refractivity contribution < 1.29 is 0 Å². The molecule has 3 aliphatic carbocycles. The highest BCUT2D eigenvalue weighted by Gasteiger charge is 2.56. The quantitative estimate of drug-likeness (QED) is 0.466. The predicted octanol–water partition coefficient (Wildman–Crippen LogP) is 2.83. The van der Waals surface area contributed by atoms with E-state index in [0.29, 0.717) is 5.41 Å². The van der Waals surface area contributed by atoms with Crippen molar-refractivity contribution in [2.45, 2.75) is 40.0 Å². The average molecular weight is 124 g/mol. The van der Waals surface area contributed by atoms with Gasteiger partial charge in [0.2, 0.25) is 0 Å². The summed E-state index contributed by atoms with van der Waals surface area (Å²) in [5, 5.41) is 0. The van der Waals surface area contributed by atoms with E-state index in [2.05, 4.69) is 20.8 Å². The maximum atomic E-state index is 2.44. The lowest BCUT2D eigenvalue weighted by molar-refractivity contribution is 0.148. The van der Waals surface area contributed by atoms with Gasteiger partial charge in [0.15, 0.2) is 0 Å². The van der Waals surface area contributed by atoms with Crippen LogP contribution in [0.2, 0.25) is 0 Å². The van der Waals surface area contributed by atoms with Gasteiger partial charge in [-0.05, 0) is 36.0 Å². The van der Waals surface area contributed by atoms with E-state index in [1.165, 1.54) is 19.3 Å². The van der Waals surface area contributed by atoms with Crippen LogP contribution < -0.4 is 0 Å². The van der Waals surface area contributed by atoms with Crippen LogP contribution in [-0.2, 0) is 0 Å². The molecule has 0 spiro atoms. The van der Waals surface area contributed by atoms with Crippen LogP contribution in [0.5, 0.6) is 0 Å². The lowest BCUT2D eigenvalue weighted by Crippen LogP contribution is -2.25. The van der Waals surface area contributed by atoms with Gasteiger partial charge in [-0.15, -0.1) is 0 Å². The van der Waals surface area contributed by atoms with Gasteiger partial charge in [0.1, 0.15) is 0 Å². The first-order chi connectivity index (χ1) is 4.02. The second-order valence-electron chi connectivity index (χ2n) is 5.08. The highest BCUT2D eigenvalue weighted by Crippen LogP contribution is 2.66. The molecular weight excluding hydrogens is 108 g/mol. The molecule has 3 fully saturated rings. The summed E-state index contributed by atoms with van der Waals surface area (Å²) < 4.78 is 0. The van der Waals surface area contributed by atoms with Crippen LogP contribution >= 0.6 is 0 Å². The number of hydrogen-bond donors (Lipinski definition) is 0. The normalized spacial score (nSPS) is 53.0. The smallest absolute Gasteiger partial charge is 0.0315 e. The van der Waals surface area contributed by atoms with E-state index in [1.807, 2.05) is 0 Å². The highest BCUT2D eigenvalue weighted by molar-refractivity contribution is 5.06. The SMILES string of the molecule is CC12CC(C1)C(C)(C)C2. The summed E-state index contributed by atoms with van der Waals surface area (Å²) in [5.74, 6) is 1.07. The maximum Gasteiger partial charge on any atom is -0.0315 e. The molecule has 0 N–H and O–H groups in total. The zero-order valence-corrected chi connectivity index (χ0v) is 6.70. The van der Waals surface area contributed by atoms with Crippen LogP contribution in [-0.4, -0.2) is 0 Å². The number of rotatable bonds is 0. The number of fused-ring (bicyclic) bond motifs is 1. The van der Waals surface area contributed by atoms with Crippen molar-refractivity contribution in [2.24, 2.45) is 16.7 Å². The zero-order valence-electron chi connectivity index (χ0n) is 6.70. The molecule has 0 radical (unpaired) electrons. The van der Waals surface area contributed by atoms with Crippen molar-refractivity contribution in [3.63, 3.8) is 0 Å². The van der Waals surface area contributed by atoms with Gasteiger partial charge < -0.3 is 0 Å². The Labute approximate surface area is 57.6 Å². The molecule has 0 aliphatic heterocycles. The minimum atomic E-state index is 0.689. The molecule has 9 heavy (non-hydrogen) atoms. The Morgan fingerprint density at radius 2 is 1.67 bits per heavy atom. The van der Waals surface area contributed by atoms with E-state index in [1.54, 1.807) is 0 Å². The molecule has 3 rings (SSSR count). The summed E-state index contributed by atoms with van der Waals surface area (Å²) in [6.45, 7) is 7.30. The van der Waals surface area contributed by atoms with Gasteiger partial charge in [-0.2, -0.15) is 0 Å². The first kappa shape index (κ1) is 5.76.